The highest BCUT2D eigenvalue weighted by Crippen LogP contribution is 2.15. The molecule has 0 heterocycles. The number of hydrogen-bond acceptors (Lipinski definition) is 2. The third-order valence-corrected chi connectivity index (χ3v) is 2.33. The fourth-order valence-corrected chi connectivity index (χ4v) is 1.53. The molecular formula is C12H13BrN2O. The van der Waals surface area contributed by atoms with Crippen molar-refractivity contribution in [2.24, 2.45) is 0 Å². The lowest BCUT2D eigenvalue weighted by atomic mass is 10.3. The molecule has 1 aromatic carbocycles. The Bertz CT molecular complexity index is 398. The molecule has 1 aromatic rings. The minimum atomic E-state index is -0.0740. The standard InChI is InChI=1S/C12H13BrN2O/c1-2-3-7-14-9-12(16)15-11-6-4-5-10(13)8-11/h1,4-6,8,14H,3,7,9H2,(H,15,16). The Morgan fingerprint density at radius 2 is 2.31 bits per heavy atom. The van der Waals surface area contributed by atoms with E-state index in [9.17, 15) is 4.79 Å². The van der Waals surface area contributed by atoms with E-state index in [0.29, 0.717) is 13.0 Å². The lowest BCUT2D eigenvalue weighted by Gasteiger charge is -2.05. The van der Waals surface area contributed by atoms with Gasteiger partial charge >= 0.3 is 0 Å². The van der Waals surface area contributed by atoms with Gasteiger partial charge in [0.1, 0.15) is 0 Å². The Labute approximate surface area is 104 Å². The molecule has 0 saturated heterocycles. The zero-order valence-electron chi connectivity index (χ0n) is 8.79. The third-order valence-electron chi connectivity index (χ3n) is 1.84. The summed E-state index contributed by atoms with van der Waals surface area (Å²) in [6.07, 6.45) is 5.72. The van der Waals surface area contributed by atoms with E-state index in [1.165, 1.54) is 0 Å². The Morgan fingerprint density at radius 3 is 3.00 bits per heavy atom. The van der Waals surface area contributed by atoms with Crippen LogP contribution in [0.4, 0.5) is 5.69 Å². The molecule has 0 aromatic heterocycles. The van der Waals surface area contributed by atoms with Crippen molar-refractivity contribution in [3.8, 4) is 12.3 Å². The number of carbonyl (C=O) groups is 1. The molecule has 0 fully saturated rings. The largest absolute Gasteiger partial charge is 0.325 e. The summed E-state index contributed by atoms with van der Waals surface area (Å²) < 4.78 is 0.936. The summed E-state index contributed by atoms with van der Waals surface area (Å²) in [5, 5.41) is 5.73. The number of anilines is 1. The lowest BCUT2D eigenvalue weighted by molar-refractivity contribution is -0.115. The molecule has 1 amide bonds. The highest BCUT2D eigenvalue weighted by Gasteiger charge is 2.01. The van der Waals surface area contributed by atoms with Crippen molar-refractivity contribution in [1.29, 1.82) is 0 Å². The first kappa shape index (κ1) is 12.8. The maximum Gasteiger partial charge on any atom is 0.238 e. The average Bonchev–Trinajstić information content (AvgIpc) is 2.24. The van der Waals surface area contributed by atoms with Gasteiger partial charge in [0.2, 0.25) is 5.91 Å². The van der Waals surface area contributed by atoms with Crippen LogP contribution in [0.15, 0.2) is 28.7 Å². The zero-order valence-corrected chi connectivity index (χ0v) is 10.4. The zero-order chi connectivity index (χ0) is 11.8. The predicted octanol–water partition coefficient (Wildman–Crippen LogP) is 2.00. The fraction of sp³-hybridized carbons (Fsp3) is 0.250. The number of terminal acetylenes is 1. The third kappa shape index (κ3) is 4.96. The number of nitrogens with one attached hydrogen (secondary N) is 2. The monoisotopic (exact) mass is 280 g/mol. The molecule has 0 saturated carbocycles. The van der Waals surface area contributed by atoms with E-state index in [4.69, 9.17) is 6.42 Å². The second kappa shape index (κ2) is 7.04. The van der Waals surface area contributed by atoms with Crippen molar-refractivity contribution in [2.75, 3.05) is 18.4 Å². The number of halogens is 1. The van der Waals surface area contributed by atoms with Crippen molar-refractivity contribution in [1.82, 2.24) is 5.32 Å². The normalized spacial score (nSPS) is 9.50. The Hall–Kier alpha value is -1.31. The summed E-state index contributed by atoms with van der Waals surface area (Å²) in [4.78, 5) is 11.4. The van der Waals surface area contributed by atoms with Gasteiger partial charge in [0, 0.05) is 23.1 Å². The van der Waals surface area contributed by atoms with Crippen LogP contribution in [0.25, 0.3) is 0 Å². The van der Waals surface area contributed by atoms with E-state index >= 15 is 0 Å². The van der Waals surface area contributed by atoms with E-state index in [1.807, 2.05) is 24.3 Å². The van der Waals surface area contributed by atoms with E-state index in [2.05, 4.69) is 32.5 Å². The summed E-state index contributed by atoms with van der Waals surface area (Å²) >= 11 is 3.34. The summed E-state index contributed by atoms with van der Waals surface area (Å²) in [7, 11) is 0. The second-order valence-corrected chi connectivity index (χ2v) is 4.11. The summed E-state index contributed by atoms with van der Waals surface area (Å²) in [6, 6.07) is 7.45. The molecule has 84 valence electrons. The number of amides is 1. The molecule has 4 heteroatoms. The van der Waals surface area contributed by atoms with Gasteiger partial charge in [0.15, 0.2) is 0 Å². The molecule has 2 N–H and O–H groups in total. The van der Waals surface area contributed by atoms with Gasteiger partial charge in [-0.3, -0.25) is 4.79 Å². The van der Waals surface area contributed by atoms with Crippen LogP contribution in [0.3, 0.4) is 0 Å². The van der Waals surface area contributed by atoms with Crippen LogP contribution >= 0.6 is 15.9 Å². The first-order valence-corrected chi connectivity index (χ1v) is 5.71. The van der Waals surface area contributed by atoms with Gasteiger partial charge in [0.05, 0.1) is 6.54 Å². The van der Waals surface area contributed by atoms with Gasteiger partial charge in [-0.15, -0.1) is 12.3 Å². The van der Waals surface area contributed by atoms with E-state index in [-0.39, 0.29) is 12.5 Å². The second-order valence-electron chi connectivity index (χ2n) is 3.19. The van der Waals surface area contributed by atoms with Crippen molar-refractivity contribution in [3.05, 3.63) is 28.7 Å². The fourth-order valence-electron chi connectivity index (χ4n) is 1.13. The van der Waals surface area contributed by atoms with Gasteiger partial charge < -0.3 is 10.6 Å². The average molecular weight is 281 g/mol. The molecule has 16 heavy (non-hydrogen) atoms. The quantitative estimate of drug-likeness (QED) is 0.640. The van der Waals surface area contributed by atoms with Crippen molar-refractivity contribution in [3.63, 3.8) is 0 Å². The van der Waals surface area contributed by atoms with Crippen LogP contribution in [0.2, 0.25) is 0 Å². The number of benzene rings is 1. The van der Waals surface area contributed by atoms with Crippen molar-refractivity contribution in [2.45, 2.75) is 6.42 Å². The molecule has 0 unspecified atom stereocenters. The smallest absolute Gasteiger partial charge is 0.238 e. The van der Waals surface area contributed by atoms with Crippen LogP contribution in [0.5, 0.6) is 0 Å². The molecule has 1 rings (SSSR count). The highest BCUT2D eigenvalue weighted by atomic mass is 79.9. The topological polar surface area (TPSA) is 41.1 Å². The van der Waals surface area contributed by atoms with Crippen LogP contribution in [0.1, 0.15) is 6.42 Å². The van der Waals surface area contributed by atoms with Crippen LogP contribution in [0, 0.1) is 12.3 Å². The molecule has 0 aliphatic rings. The molecule has 0 radical (unpaired) electrons. The minimum absolute atomic E-state index is 0.0740. The predicted molar refractivity (Wildman–Crippen MR) is 69.1 cm³/mol. The summed E-state index contributed by atoms with van der Waals surface area (Å²) in [5.74, 6) is 2.42. The van der Waals surface area contributed by atoms with Crippen LogP contribution in [-0.4, -0.2) is 19.0 Å². The molecule has 0 aliphatic heterocycles. The maximum atomic E-state index is 11.4. The van der Waals surface area contributed by atoms with Gasteiger partial charge in [-0.2, -0.15) is 0 Å². The molecule has 0 bridgehead atoms. The molecule has 0 atom stereocenters. The van der Waals surface area contributed by atoms with Gasteiger partial charge in [0.25, 0.3) is 0 Å². The first-order valence-electron chi connectivity index (χ1n) is 4.92. The number of hydrogen-bond donors (Lipinski definition) is 2. The lowest BCUT2D eigenvalue weighted by Crippen LogP contribution is -2.28. The van der Waals surface area contributed by atoms with Gasteiger partial charge in [-0.05, 0) is 18.2 Å². The first-order chi connectivity index (χ1) is 7.72. The Balaban J connectivity index is 2.32. The number of rotatable bonds is 5. The number of carbonyl (C=O) groups excluding carboxylic acids is 1. The van der Waals surface area contributed by atoms with Crippen LogP contribution < -0.4 is 10.6 Å². The van der Waals surface area contributed by atoms with Crippen molar-refractivity contribution < 1.29 is 4.79 Å². The van der Waals surface area contributed by atoms with Crippen molar-refractivity contribution >= 4 is 27.5 Å². The highest BCUT2D eigenvalue weighted by molar-refractivity contribution is 9.10. The summed E-state index contributed by atoms with van der Waals surface area (Å²) in [5.41, 5.74) is 0.776. The molecule has 3 nitrogen and oxygen atoms in total. The molecule has 0 aliphatic carbocycles. The Morgan fingerprint density at radius 1 is 1.50 bits per heavy atom. The van der Waals surface area contributed by atoms with Gasteiger partial charge in [-0.1, -0.05) is 22.0 Å². The van der Waals surface area contributed by atoms with E-state index in [1.54, 1.807) is 0 Å². The van der Waals surface area contributed by atoms with E-state index < -0.39 is 0 Å². The maximum absolute atomic E-state index is 11.4. The minimum Gasteiger partial charge on any atom is -0.325 e. The Kier molecular flexibility index (Phi) is 5.62. The summed E-state index contributed by atoms with van der Waals surface area (Å²) in [6.45, 7) is 0.927. The SMILES string of the molecule is C#CCCNCC(=O)Nc1cccc(Br)c1. The van der Waals surface area contributed by atoms with Crippen LogP contribution in [-0.2, 0) is 4.79 Å². The van der Waals surface area contributed by atoms with E-state index in [0.717, 1.165) is 10.2 Å². The molecular weight excluding hydrogens is 268 g/mol. The molecule has 0 spiro atoms. The van der Waals surface area contributed by atoms with Gasteiger partial charge in [-0.25, -0.2) is 0 Å².